The molecule has 0 saturated carbocycles. The summed E-state index contributed by atoms with van der Waals surface area (Å²) in [4.78, 5) is 0. The van der Waals surface area contributed by atoms with Crippen molar-refractivity contribution in [3.05, 3.63) is 167 Å². The van der Waals surface area contributed by atoms with Gasteiger partial charge < -0.3 is 0 Å². The van der Waals surface area contributed by atoms with Crippen molar-refractivity contribution < 1.29 is 0 Å². The van der Waals surface area contributed by atoms with E-state index in [0.29, 0.717) is 0 Å². The maximum atomic E-state index is 2.58. The highest BCUT2D eigenvalue weighted by molar-refractivity contribution is 6.04. The van der Waals surface area contributed by atoms with Crippen molar-refractivity contribution in [2.24, 2.45) is 0 Å². The molecule has 0 fully saturated rings. The fraction of sp³-hybridized carbons (Fsp3) is 0.143. The monoisotopic (exact) mass is 536 g/mol. The molecule has 3 aliphatic rings. The van der Waals surface area contributed by atoms with Gasteiger partial charge in [-0.05, 0) is 96.8 Å². The molecule has 1 spiro atoms. The van der Waals surface area contributed by atoms with Crippen LogP contribution >= 0.6 is 0 Å². The first-order chi connectivity index (χ1) is 20.8. The molecule has 42 heavy (non-hydrogen) atoms. The molecule has 6 aromatic rings. The number of hydrogen-bond donors (Lipinski definition) is 0. The summed E-state index contributed by atoms with van der Waals surface area (Å²) in [6.07, 6.45) is 2.14. The third-order valence-corrected chi connectivity index (χ3v) is 10.8. The largest absolute Gasteiger partial charge is 0.0725 e. The van der Waals surface area contributed by atoms with E-state index in [9.17, 15) is 0 Å². The van der Waals surface area contributed by atoms with Gasteiger partial charge in [0.2, 0.25) is 0 Å². The van der Waals surface area contributed by atoms with Crippen molar-refractivity contribution >= 4 is 0 Å². The minimum atomic E-state index is -0.348. The SMILES string of the molecule is CCC1(CC)c2ccccc2-c2c(-c3ccccc3)cc3c(c21)-c1ccccc1C31c2ccccc2-c2ccccc21. The maximum Gasteiger partial charge on any atom is 0.0725 e. The number of benzene rings is 6. The molecule has 9 rings (SSSR count). The molecule has 0 nitrogen and oxygen atoms in total. The molecule has 0 saturated heterocycles. The molecule has 0 N–H and O–H groups in total. The van der Waals surface area contributed by atoms with Gasteiger partial charge in [-0.15, -0.1) is 0 Å². The third kappa shape index (κ3) is 2.65. The number of rotatable bonds is 3. The van der Waals surface area contributed by atoms with Gasteiger partial charge in [-0.2, -0.15) is 0 Å². The van der Waals surface area contributed by atoms with E-state index in [2.05, 4.69) is 147 Å². The maximum absolute atomic E-state index is 2.58. The highest BCUT2D eigenvalue weighted by Crippen LogP contribution is 2.68. The molecule has 0 aliphatic heterocycles. The van der Waals surface area contributed by atoms with Crippen LogP contribution in [0.3, 0.4) is 0 Å². The van der Waals surface area contributed by atoms with E-state index < -0.39 is 0 Å². The lowest BCUT2D eigenvalue weighted by molar-refractivity contribution is 0.491. The van der Waals surface area contributed by atoms with Crippen molar-refractivity contribution in [1.82, 2.24) is 0 Å². The normalized spacial score (nSPS) is 15.5. The van der Waals surface area contributed by atoms with Gasteiger partial charge in [0, 0.05) is 5.41 Å². The first-order valence-corrected chi connectivity index (χ1v) is 15.4. The lowest BCUT2D eigenvalue weighted by atomic mass is 9.67. The zero-order chi connectivity index (χ0) is 28.1. The molecule has 0 heterocycles. The first-order valence-electron chi connectivity index (χ1n) is 15.4. The van der Waals surface area contributed by atoms with Crippen LogP contribution in [0.25, 0.3) is 44.5 Å². The smallest absolute Gasteiger partial charge is 0.0642 e. The first kappa shape index (κ1) is 24.0. The molecular formula is C42H32. The van der Waals surface area contributed by atoms with Gasteiger partial charge in [-0.25, -0.2) is 0 Å². The summed E-state index contributed by atoms with van der Waals surface area (Å²) in [5.74, 6) is 0. The van der Waals surface area contributed by atoms with Gasteiger partial charge in [0.15, 0.2) is 0 Å². The highest BCUT2D eigenvalue weighted by Gasteiger charge is 2.55. The molecule has 0 heteroatoms. The van der Waals surface area contributed by atoms with Gasteiger partial charge in [-0.3, -0.25) is 0 Å². The van der Waals surface area contributed by atoms with Crippen LogP contribution in [0.4, 0.5) is 0 Å². The van der Waals surface area contributed by atoms with Gasteiger partial charge in [0.05, 0.1) is 5.41 Å². The van der Waals surface area contributed by atoms with Gasteiger partial charge in [0.25, 0.3) is 0 Å². The fourth-order valence-corrected chi connectivity index (χ4v) is 9.09. The number of hydrogen-bond acceptors (Lipinski definition) is 0. The Morgan fingerprint density at radius 2 is 0.857 bits per heavy atom. The van der Waals surface area contributed by atoms with E-state index in [1.165, 1.54) is 77.9 Å². The van der Waals surface area contributed by atoms with Crippen LogP contribution in [0, 0.1) is 0 Å². The van der Waals surface area contributed by atoms with Crippen LogP contribution in [0.2, 0.25) is 0 Å². The van der Waals surface area contributed by atoms with Crippen molar-refractivity contribution in [3.8, 4) is 44.5 Å². The Labute approximate surface area is 248 Å². The minimum absolute atomic E-state index is 0.0446. The van der Waals surface area contributed by atoms with Gasteiger partial charge in [-0.1, -0.05) is 141 Å². The Kier molecular flexibility index (Phi) is 4.81. The van der Waals surface area contributed by atoms with Crippen molar-refractivity contribution in [1.29, 1.82) is 0 Å². The van der Waals surface area contributed by atoms with E-state index in [0.717, 1.165) is 12.8 Å². The number of fused-ring (bicyclic) bond motifs is 14. The molecule has 0 unspecified atom stereocenters. The molecule has 0 radical (unpaired) electrons. The Balaban J connectivity index is 1.54. The summed E-state index contributed by atoms with van der Waals surface area (Å²) in [6, 6.07) is 50.5. The quantitative estimate of drug-likeness (QED) is 0.211. The van der Waals surface area contributed by atoms with E-state index in [1.807, 2.05) is 0 Å². The summed E-state index contributed by atoms with van der Waals surface area (Å²) in [5.41, 5.74) is 19.4. The standard InChI is InChI=1S/C42H32/c1-3-41(4-2)33-22-12-10-20-30(33)38-32(27-16-6-5-7-17-27)26-37-39(40(38)41)31-21-11-15-25-36(31)42(37)34-23-13-8-18-28(34)29-19-9-14-24-35(29)42/h5-26H,3-4H2,1-2H3. The topological polar surface area (TPSA) is 0 Å². The third-order valence-electron chi connectivity index (χ3n) is 10.8. The molecule has 3 aliphatic carbocycles. The zero-order valence-electron chi connectivity index (χ0n) is 24.1. The molecule has 6 aromatic carbocycles. The molecular weight excluding hydrogens is 504 g/mol. The molecule has 0 aromatic heterocycles. The highest BCUT2D eigenvalue weighted by atomic mass is 14.6. The fourth-order valence-electron chi connectivity index (χ4n) is 9.09. The van der Waals surface area contributed by atoms with Crippen LogP contribution in [-0.4, -0.2) is 0 Å². The lowest BCUT2D eigenvalue weighted by Crippen LogP contribution is -2.27. The van der Waals surface area contributed by atoms with Crippen LogP contribution in [0.5, 0.6) is 0 Å². The Morgan fingerprint density at radius 3 is 1.43 bits per heavy atom. The second-order valence-electron chi connectivity index (χ2n) is 12.2. The van der Waals surface area contributed by atoms with Gasteiger partial charge in [0.1, 0.15) is 0 Å². The predicted octanol–water partition coefficient (Wildman–Crippen LogP) is 10.8. The second-order valence-corrected chi connectivity index (χ2v) is 12.2. The summed E-state index contributed by atoms with van der Waals surface area (Å²) < 4.78 is 0. The van der Waals surface area contributed by atoms with Crippen LogP contribution in [0.1, 0.15) is 60.1 Å². The summed E-state index contributed by atoms with van der Waals surface area (Å²) >= 11 is 0. The zero-order valence-corrected chi connectivity index (χ0v) is 24.1. The Bertz CT molecular complexity index is 2010. The van der Waals surface area contributed by atoms with Crippen LogP contribution in [0.15, 0.2) is 133 Å². The van der Waals surface area contributed by atoms with Crippen molar-refractivity contribution in [2.45, 2.75) is 37.5 Å². The molecule has 0 amide bonds. The minimum Gasteiger partial charge on any atom is -0.0642 e. The lowest BCUT2D eigenvalue weighted by Gasteiger charge is -2.34. The van der Waals surface area contributed by atoms with Crippen LogP contribution < -0.4 is 0 Å². The van der Waals surface area contributed by atoms with Crippen LogP contribution in [-0.2, 0) is 10.8 Å². The molecule has 0 atom stereocenters. The van der Waals surface area contributed by atoms with E-state index in [-0.39, 0.29) is 10.8 Å². The van der Waals surface area contributed by atoms with E-state index >= 15 is 0 Å². The Morgan fingerprint density at radius 1 is 0.405 bits per heavy atom. The summed E-state index contributed by atoms with van der Waals surface area (Å²) in [7, 11) is 0. The van der Waals surface area contributed by atoms with Crippen molar-refractivity contribution in [3.63, 3.8) is 0 Å². The average molecular weight is 537 g/mol. The summed E-state index contributed by atoms with van der Waals surface area (Å²) in [5, 5.41) is 0. The van der Waals surface area contributed by atoms with Crippen molar-refractivity contribution in [2.75, 3.05) is 0 Å². The Hall–Kier alpha value is -4.68. The predicted molar refractivity (Wildman–Crippen MR) is 175 cm³/mol. The second kappa shape index (κ2) is 8.43. The van der Waals surface area contributed by atoms with Gasteiger partial charge >= 0.3 is 0 Å². The summed E-state index contributed by atoms with van der Waals surface area (Å²) in [6.45, 7) is 4.79. The van der Waals surface area contributed by atoms with E-state index in [1.54, 1.807) is 0 Å². The van der Waals surface area contributed by atoms with E-state index in [4.69, 9.17) is 0 Å². The average Bonchev–Trinajstić information content (AvgIpc) is 3.65. The molecule has 200 valence electrons. The molecule has 0 bridgehead atoms.